The van der Waals surface area contributed by atoms with Gasteiger partial charge in [-0.1, -0.05) is 62.7 Å². The molecule has 3 aromatic rings. The summed E-state index contributed by atoms with van der Waals surface area (Å²) in [5.41, 5.74) is 5.94. The summed E-state index contributed by atoms with van der Waals surface area (Å²) in [6, 6.07) is 23.1. The fourth-order valence-electron chi connectivity index (χ4n) is 3.97. The summed E-state index contributed by atoms with van der Waals surface area (Å²) in [6.07, 6.45) is 0. The van der Waals surface area contributed by atoms with Crippen LogP contribution in [0.1, 0.15) is 37.5 Å². The van der Waals surface area contributed by atoms with Gasteiger partial charge in [-0.3, -0.25) is 9.59 Å². The first-order valence-corrected chi connectivity index (χ1v) is 11.4. The average Bonchev–Trinajstić information content (AvgIpc) is 3.03. The highest BCUT2D eigenvalue weighted by atomic mass is 16.2. The van der Waals surface area contributed by atoms with Crippen molar-refractivity contribution < 1.29 is 9.59 Å². The highest BCUT2D eigenvalue weighted by Gasteiger charge is 2.40. The molecule has 0 fully saturated rings. The van der Waals surface area contributed by atoms with E-state index in [2.05, 4.69) is 26.1 Å². The fourth-order valence-corrected chi connectivity index (χ4v) is 3.97. The van der Waals surface area contributed by atoms with Crippen molar-refractivity contribution in [2.24, 2.45) is 0 Å². The predicted molar refractivity (Wildman–Crippen MR) is 140 cm³/mol. The first-order valence-electron chi connectivity index (χ1n) is 11.4. The van der Waals surface area contributed by atoms with Gasteiger partial charge in [-0.15, -0.1) is 0 Å². The van der Waals surface area contributed by atoms with Crippen LogP contribution in [0.4, 0.5) is 17.1 Å². The van der Waals surface area contributed by atoms with Crippen LogP contribution >= 0.6 is 0 Å². The van der Waals surface area contributed by atoms with E-state index < -0.39 is 0 Å². The van der Waals surface area contributed by atoms with Crippen LogP contribution in [-0.4, -0.2) is 25.9 Å². The van der Waals surface area contributed by atoms with Gasteiger partial charge in [0.25, 0.3) is 11.8 Å². The number of carbonyl (C=O) groups is 2. The topological polar surface area (TPSA) is 52.7 Å². The number of nitrogens with zero attached hydrogens (tertiary/aromatic N) is 2. The van der Waals surface area contributed by atoms with Crippen molar-refractivity contribution in [3.63, 3.8) is 0 Å². The number of carbonyl (C=O) groups excluding carboxylic acids is 2. The number of hydrogen-bond acceptors (Lipinski definition) is 4. The third kappa shape index (κ3) is 4.46. The van der Waals surface area contributed by atoms with Crippen molar-refractivity contribution in [2.45, 2.75) is 33.1 Å². The van der Waals surface area contributed by atoms with Crippen LogP contribution in [0.3, 0.4) is 0 Å². The van der Waals surface area contributed by atoms with E-state index >= 15 is 0 Å². The van der Waals surface area contributed by atoms with Crippen LogP contribution < -0.4 is 15.1 Å². The van der Waals surface area contributed by atoms with Gasteiger partial charge in [0, 0.05) is 25.5 Å². The Morgan fingerprint density at radius 1 is 0.765 bits per heavy atom. The van der Waals surface area contributed by atoms with E-state index in [9.17, 15) is 9.59 Å². The standard InChI is InChI=1S/C29H31N3O2/c1-19-7-9-20(10-8-19)25-26(30-22-13-17-23(18-14-22)31(5)6)28(34)32(27(25)33)24-15-11-21(12-16-24)29(2,3)4/h7-18,30H,1-6H3. The molecule has 0 saturated heterocycles. The number of benzene rings is 3. The molecule has 1 N–H and O–H groups in total. The van der Waals surface area contributed by atoms with Gasteiger partial charge in [0.1, 0.15) is 5.70 Å². The number of rotatable bonds is 5. The molecule has 4 rings (SSSR count). The summed E-state index contributed by atoms with van der Waals surface area (Å²) >= 11 is 0. The third-order valence-electron chi connectivity index (χ3n) is 6.07. The van der Waals surface area contributed by atoms with Crippen molar-refractivity contribution in [3.8, 4) is 0 Å². The number of nitrogens with one attached hydrogen (secondary N) is 1. The summed E-state index contributed by atoms with van der Waals surface area (Å²) in [5, 5.41) is 3.23. The van der Waals surface area contributed by atoms with Gasteiger partial charge in [-0.05, 0) is 59.9 Å². The monoisotopic (exact) mass is 453 g/mol. The van der Waals surface area contributed by atoms with Gasteiger partial charge in [-0.2, -0.15) is 0 Å². The number of hydrogen-bond donors (Lipinski definition) is 1. The molecule has 2 amide bonds. The zero-order chi connectivity index (χ0) is 24.6. The first-order chi connectivity index (χ1) is 16.1. The lowest BCUT2D eigenvalue weighted by atomic mass is 9.87. The van der Waals surface area contributed by atoms with E-state index in [1.807, 2.05) is 98.7 Å². The first kappa shape index (κ1) is 23.3. The molecule has 0 radical (unpaired) electrons. The van der Waals surface area contributed by atoms with Crippen LogP contribution in [0.5, 0.6) is 0 Å². The van der Waals surface area contributed by atoms with Gasteiger partial charge < -0.3 is 10.2 Å². The molecule has 0 atom stereocenters. The Hall–Kier alpha value is -3.86. The Balaban J connectivity index is 1.75. The minimum Gasteiger partial charge on any atom is -0.378 e. The third-order valence-corrected chi connectivity index (χ3v) is 6.07. The van der Waals surface area contributed by atoms with Crippen molar-refractivity contribution in [1.29, 1.82) is 0 Å². The minimum atomic E-state index is -0.360. The molecule has 1 aliphatic rings. The molecule has 0 spiro atoms. The van der Waals surface area contributed by atoms with E-state index in [1.54, 1.807) is 0 Å². The molecule has 0 unspecified atom stereocenters. The molecule has 0 bridgehead atoms. The zero-order valence-electron chi connectivity index (χ0n) is 20.6. The van der Waals surface area contributed by atoms with E-state index in [0.717, 1.165) is 22.5 Å². The van der Waals surface area contributed by atoms with E-state index in [4.69, 9.17) is 0 Å². The van der Waals surface area contributed by atoms with E-state index in [0.29, 0.717) is 16.8 Å². The largest absolute Gasteiger partial charge is 0.378 e. The molecule has 5 nitrogen and oxygen atoms in total. The van der Waals surface area contributed by atoms with Crippen LogP contribution in [0.15, 0.2) is 78.5 Å². The second-order valence-corrected chi connectivity index (χ2v) is 9.92. The number of amides is 2. The highest BCUT2D eigenvalue weighted by molar-refractivity contribution is 6.46. The Morgan fingerprint density at radius 2 is 1.35 bits per heavy atom. The lowest BCUT2D eigenvalue weighted by Crippen LogP contribution is -2.32. The Morgan fingerprint density at radius 3 is 1.88 bits per heavy atom. The molecule has 174 valence electrons. The van der Waals surface area contributed by atoms with Crippen molar-refractivity contribution >= 4 is 34.4 Å². The quantitative estimate of drug-likeness (QED) is 0.500. The normalized spacial score (nSPS) is 14.1. The van der Waals surface area contributed by atoms with Gasteiger partial charge in [0.15, 0.2) is 0 Å². The Bertz CT molecular complexity index is 1250. The van der Waals surface area contributed by atoms with Gasteiger partial charge >= 0.3 is 0 Å². The number of imide groups is 1. The van der Waals surface area contributed by atoms with E-state index in [-0.39, 0.29) is 22.9 Å². The maximum absolute atomic E-state index is 13.6. The zero-order valence-corrected chi connectivity index (χ0v) is 20.6. The molecule has 0 saturated carbocycles. The van der Waals surface area contributed by atoms with Gasteiger partial charge in [0.2, 0.25) is 0 Å². The lowest BCUT2D eigenvalue weighted by molar-refractivity contribution is -0.120. The minimum absolute atomic E-state index is 0.0195. The molecular weight excluding hydrogens is 422 g/mol. The molecule has 3 aromatic carbocycles. The van der Waals surface area contributed by atoms with Crippen molar-refractivity contribution in [1.82, 2.24) is 0 Å². The molecular formula is C29H31N3O2. The molecule has 1 aliphatic heterocycles. The smallest absolute Gasteiger partial charge is 0.282 e. The van der Waals surface area contributed by atoms with Crippen LogP contribution in [0.25, 0.3) is 5.57 Å². The van der Waals surface area contributed by atoms with Gasteiger partial charge in [0.05, 0.1) is 11.3 Å². The summed E-state index contributed by atoms with van der Waals surface area (Å²) < 4.78 is 0. The summed E-state index contributed by atoms with van der Waals surface area (Å²) in [7, 11) is 3.95. The summed E-state index contributed by atoms with van der Waals surface area (Å²) in [6.45, 7) is 8.40. The molecule has 0 aromatic heterocycles. The van der Waals surface area contributed by atoms with Crippen LogP contribution in [0, 0.1) is 6.92 Å². The second-order valence-electron chi connectivity index (χ2n) is 9.92. The van der Waals surface area contributed by atoms with Gasteiger partial charge in [-0.25, -0.2) is 4.90 Å². The number of anilines is 3. The number of aryl methyl sites for hydroxylation is 1. The molecule has 5 heteroatoms. The summed E-state index contributed by atoms with van der Waals surface area (Å²) in [4.78, 5) is 30.5. The SMILES string of the molecule is Cc1ccc(C2=C(Nc3ccc(N(C)C)cc3)C(=O)N(c3ccc(C(C)(C)C)cc3)C2=O)cc1. The second kappa shape index (κ2) is 8.82. The Kier molecular flexibility index (Phi) is 6.05. The molecule has 1 heterocycles. The Labute approximate surface area is 201 Å². The molecule has 34 heavy (non-hydrogen) atoms. The van der Waals surface area contributed by atoms with Crippen LogP contribution in [0.2, 0.25) is 0 Å². The highest BCUT2D eigenvalue weighted by Crippen LogP contribution is 2.35. The maximum Gasteiger partial charge on any atom is 0.282 e. The predicted octanol–water partition coefficient (Wildman–Crippen LogP) is 5.76. The average molecular weight is 454 g/mol. The van der Waals surface area contributed by atoms with E-state index in [1.165, 1.54) is 4.90 Å². The fraction of sp³-hybridized carbons (Fsp3) is 0.241. The maximum atomic E-state index is 13.6. The van der Waals surface area contributed by atoms with Crippen molar-refractivity contribution in [2.75, 3.05) is 29.2 Å². The lowest BCUT2D eigenvalue weighted by Gasteiger charge is -2.21. The molecule has 0 aliphatic carbocycles. The van der Waals surface area contributed by atoms with Crippen LogP contribution in [-0.2, 0) is 15.0 Å². The summed E-state index contributed by atoms with van der Waals surface area (Å²) in [5.74, 6) is -0.689. The van der Waals surface area contributed by atoms with Crippen molar-refractivity contribution in [3.05, 3.63) is 95.2 Å².